The lowest BCUT2D eigenvalue weighted by Crippen LogP contribution is -2.49. The zero-order valence-electron chi connectivity index (χ0n) is 12.4. The van der Waals surface area contributed by atoms with Crippen LogP contribution in [0.2, 0.25) is 0 Å². The number of thiophene rings is 1. The fraction of sp³-hybridized carbons (Fsp3) is 0.250. The number of hydrazine groups is 1. The number of rotatable bonds is 5. The van der Waals surface area contributed by atoms with Crippen molar-refractivity contribution in [1.82, 2.24) is 21.5 Å². The Bertz CT molecular complexity index is 654. The SMILES string of the molecule is O=C(NC(C(=O)NC1CCNN1)c1ccccc1)c1cccs1. The predicted molar refractivity (Wildman–Crippen MR) is 88.7 cm³/mol. The van der Waals surface area contributed by atoms with E-state index >= 15 is 0 Å². The summed E-state index contributed by atoms with van der Waals surface area (Å²) in [5, 5.41) is 7.56. The molecule has 2 unspecified atom stereocenters. The van der Waals surface area contributed by atoms with Crippen LogP contribution in [0.4, 0.5) is 0 Å². The second-order valence-electron chi connectivity index (χ2n) is 5.22. The second-order valence-corrected chi connectivity index (χ2v) is 6.16. The third kappa shape index (κ3) is 3.95. The van der Waals surface area contributed by atoms with Gasteiger partial charge < -0.3 is 10.6 Å². The molecule has 1 aliphatic heterocycles. The van der Waals surface area contributed by atoms with Gasteiger partial charge in [0.25, 0.3) is 5.91 Å². The average molecular weight is 330 g/mol. The van der Waals surface area contributed by atoms with Crippen molar-refractivity contribution >= 4 is 23.2 Å². The molecular formula is C16H18N4O2S. The molecule has 0 bridgehead atoms. The van der Waals surface area contributed by atoms with Gasteiger partial charge in [0.1, 0.15) is 6.04 Å². The maximum atomic E-state index is 12.6. The van der Waals surface area contributed by atoms with Crippen LogP contribution >= 0.6 is 11.3 Å². The van der Waals surface area contributed by atoms with Crippen LogP contribution in [0.5, 0.6) is 0 Å². The number of benzene rings is 1. The quantitative estimate of drug-likeness (QED) is 0.663. The number of nitrogens with one attached hydrogen (secondary N) is 4. The maximum absolute atomic E-state index is 12.6. The smallest absolute Gasteiger partial charge is 0.262 e. The van der Waals surface area contributed by atoms with E-state index in [2.05, 4.69) is 21.5 Å². The van der Waals surface area contributed by atoms with Crippen molar-refractivity contribution in [2.24, 2.45) is 0 Å². The molecule has 1 saturated heterocycles. The Morgan fingerprint density at radius 2 is 2.00 bits per heavy atom. The molecule has 0 radical (unpaired) electrons. The highest BCUT2D eigenvalue weighted by atomic mass is 32.1. The van der Waals surface area contributed by atoms with Crippen molar-refractivity contribution in [2.75, 3.05) is 6.54 Å². The average Bonchev–Trinajstić information content (AvgIpc) is 3.26. The number of hydrogen-bond acceptors (Lipinski definition) is 5. The topological polar surface area (TPSA) is 82.3 Å². The van der Waals surface area contributed by atoms with Gasteiger partial charge in [-0.25, -0.2) is 5.43 Å². The molecule has 2 atom stereocenters. The highest BCUT2D eigenvalue weighted by Crippen LogP contribution is 2.16. The molecule has 7 heteroatoms. The van der Waals surface area contributed by atoms with E-state index in [9.17, 15) is 9.59 Å². The van der Waals surface area contributed by atoms with Crippen molar-refractivity contribution < 1.29 is 9.59 Å². The molecule has 120 valence electrons. The van der Waals surface area contributed by atoms with Gasteiger partial charge in [-0.3, -0.25) is 15.0 Å². The van der Waals surface area contributed by atoms with Gasteiger partial charge in [0.15, 0.2) is 0 Å². The molecular weight excluding hydrogens is 312 g/mol. The van der Waals surface area contributed by atoms with E-state index in [0.29, 0.717) is 4.88 Å². The summed E-state index contributed by atoms with van der Waals surface area (Å²) in [4.78, 5) is 25.5. The van der Waals surface area contributed by atoms with Crippen molar-refractivity contribution in [3.05, 3.63) is 58.3 Å². The van der Waals surface area contributed by atoms with Crippen LogP contribution in [0.3, 0.4) is 0 Å². The molecule has 1 aromatic carbocycles. The Kier molecular flexibility index (Phi) is 5.02. The van der Waals surface area contributed by atoms with Crippen molar-refractivity contribution in [2.45, 2.75) is 18.6 Å². The maximum Gasteiger partial charge on any atom is 0.262 e. The van der Waals surface area contributed by atoms with E-state index in [1.165, 1.54) is 11.3 Å². The first kappa shape index (κ1) is 15.7. The largest absolute Gasteiger partial charge is 0.337 e. The molecule has 0 spiro atoms. The molecule has 23 heavy (non-hydrogen) atoms. The first-order valence-corrected chi connectivity index (χ1v) is 8.30. The molecule has 4 N–H and O–H groups in total. The molecule has 2 heterocycles. The van der Waals surface area contributed by atoms with Crippen LogP contribution in [-0.4, -0.2) is 24.5 Å². The standard InChI is InChI=1S/C16H18N4O2S/c21-15(12-7-4-10-23-12)19-14(11-5-2-1-3-6-11)16(22)18-13-8-9-17-20-13/h1-7,10,13-14,17,20H,8-9H2,(H,18,22)(H,19,21). The highest BCUT2D eigenvalue weighted by molar-refractivity contribution is 7.12. The first-order valence-electron chi connectivity index (χ1n) is 7.42. The lowest BCUT2D eigenvalue weighted by molar-refractivity contribution is -0.124. The number of amides is 2. The van der Waals surface area contributed by atoms with Gasteiger partial charge in [0.05, 0.1) is 11.0 Å². The Hall–Kier alpha value is -2.22. The van der Waals surface area contributed by atoms with Gasteiger partial charge in [0, 0.05) is 6.54 Å². The van der Waals surface area contributed by atoms with Crippen molar-refractivity contribution in [3.63, 3.8) is 0 Å². The predicted octanol–water partition coefficient (Wildman–Crippen LogP) is 1.16. The Morgan fingerprint density at radius 3 is 2.65 bits per heavy atom. The number of carbonyl (C=O) groups is 2. The zero-order valence-corrected chi connectivity index (χ0v) is 13.2. The van der Waals surface area contributed by atoms with Gasteiger partial charge in [-0.1, -0.05) is 36.4 Å². The van der Waals surface area contributed by atoms with Gasteiger partial charge in [0.2, 0.25) is 5.91 Å². The van der Waals surface area contributed by atoms with Gasteiger partial charge >= 0.3 is 0 Å². The summed E-state index contributed by atoms with van der Waals surface area (Å²) in [6.45, 7) is 0.794. The van der Waals surface area contributed by atoms with Crippen LogP contribution in [-0.2, 0) is 4.79 Å². The molecule has 0 aliphatic carbocycles. The number of carbonyl (C=O) groups excluding carboxylic acids is 2. The summed E-state index contributed by atoms with van der Waals surface area (Å²) in [7, 11) is 0. The van der Waals surface area contributed by atoms with Crippen LogP contribution in [0.1, 0.15) is 27.7 Å². The second kappa shape index (κ2) is 7.36. The lowest BCUT2D eigenvalue weighted by Gasteiger charge is -2.21. The third-order valence-corrected chi connectivity index (χ3v) is 4.43. The van der Waals surface area contributed by atoms with Crippen LogP contribution in [0, 0.1) is 0 Å². The van der Waals surface area contributed by atoms with Crippen LogP contribution < -0.4 is 21.5 Å². The molecule has 2 aromatic rings. The summed E-state index contributed by atoms with van der Waals surface area (Å²) >= 11 is 1.35. The van der Waals surface area contributed by atoms with E-state index in [0.717, 1.165) is 18.5 Å². The minimum atomic E-state index is -0.729. The van der Waals surface area contributed by atoms with Gasteiger partial charge in [-0.15, -0.1) is 11.3 Å². The molecule has 3 rings (SSSR count). The van der Waals surface area contributed by atoms with E-state index in [4.69, 9.17) is 0 Å². The zero-order chi connectivity index (χ0) is 16.1. The van der Waals surface area contributed by atoms with Crippen molar-refractivity contribution in [3.8, 4) is 0 Å². The minimum absolute atomic E-state index is 0.132. The Balaban J connectivity index is 1.76. The van der Waals surface area contributed by atoms with Crippen LogP contribution in [0.15, 0.2) is 47.8 Å². The van der Waals surface area contributed by atoms with E-state index in [-0.39, 0.29) is 18.0 Å². The molecule has 1 aromatic heterocycles. The van der Waals surface area contributed by atoms with E-state index in [1.807, 2.05) is 41.8 Å². The summed E-state index contributed by atoms with van der Waals surface area (Å²) in [5.41, 5.74) is 6.70. The first-order chi connectivity index (χ1) is 11.2. The Labute approximate surface area is 138 Å². The van der Waals surface area contributed by atoms with Gasteiger partial charge in [-0.05, 0) is 23.4 Å². The van der Waals surface area contributed by atoms with E-state index < -0.39 is 6.04 Å². The highest BCUT2D eigenvalue weighted by Gasteiger charge is 2.26. The Morgan fingerprint density at radius 1 is 1.17 bits per heavy atom. The molecule has 6 nitrogen and oxygen atoms in total. The monoisotopic (exact) mass is 330 g/mol. The molecule has 1 aliphatic rings. The molecule has 0 saturated carbocycles. The third-order valence-electron chi connectivity index (χ3n) is 3.57. The molecule has 2 amide bonds. The van der Waals surface area contributed by atoms with Crippen molar-refractivity contribution in [1.29, 1.82) is 0 Å². The van der Waals surface area contributed by atoms with Crippen LogP contribution in [0.25, 0.3) is 0 Å². The summed E-state index contributed by atoms with van der Waals surface area (Å²) in [6, 6.07) is 12.1. The fourth-order valence-corrected chi connectivity index (χ4v) is 3.03. The summed E-state index contributed by atoms with van der Waals surface area (Å²) < 4.78 is 0. The molecule has 1 fully saturated rings. The summed E-state index contributed by atoms with van der Waals surface area (Å²) in [5.74, 6) is -0.483. The van der Waals surface area contributed by atoms with Gasteiger partial charge in [-0.2, -0.15) is 0 Å². The van der Waals surface area contributed by atoms with E-state index in [1.54, 1.807) is 6.07 Å². The minimum Gasteiger partial charge on any atom is -0.337 e. The summed E-state index contributed by atoms with van der Waals surface area (Å²) in [6.07, 6.45) is 0.666. The fourth-order valence-electron chi connectivity index (χ4n) is 2.40. The normalized spacial score (nSPS) is 18.3. The number of hydrogen-bond donors (Lipinski definition) is 4. The lowest BCUT2D eigenvalue weighted by atomic mass is 10.1.